The van der Waals surface area contributed by atoms with Crippen molar-refractivity contribution in [2.24, 2.45) is 0 Å². The van der Waals surface area contributed by atoms with E-state index in [2.05, 4.69) is 11.4 Å². The number of hydrogen-bond acceptors (Lipinski definition) is 3. The molecule has 0 aromatic carbocycles. The molecule has 0 bridgehead atoms. The largest absolute Gasteiger partial charge is 0.347 e. The quantitative estimate of drug-likeness (QED) is 0.626. The molecule has 0 aliphatic rings. The highest BCUT2D eigenvalue weighted by atomic mass is 16.2. The van der Waals surface area contributed by atoms with Crippen LogP contribution in [0.15, 0.2) is 0 Å². The van der Waals surface area contributed by atoms with Crippen LogP contribution in [0, 0.1) is 11.3 Å². The molecule has 0 saturated carbocycles. The molecule has 0 aromatic rings. The van der Waals surface area contributed by atoms with E-state index in [9.17, 15) is 4.79 Å². The minimum absolute atomic E-state index is 0.0666. The van der Waals surface area contributed by atoms with Gasteiger partial charge in [0.15, 0.2) is 0 Å². The van der Waals surface area contributed by atoms with Gasteiger partial charge in [0.2, 0.25) is 5.91 Å². The summed E-state index contributed by atoms with van der Waals surface area (Å²) in [5.74, 6) is 0.0666. The number of hydrogen-bond donors (Lipinski definition) is 1. The van der Waals surface area contributed by atoms with Crippen molar-refractivity contribution in [3.63, 3.8) is 0 Å². The molecule has 4 heteroatoms. The van der Waals surface area contributed by atoms with Crippen LogP contribution in [0.1, 0.15) is 19.8 Å². The normalized spacial score (nSPS) is 11.8. The molecular weight excluding hydrogens is 166 g/mol. The van der Waals surface area contributed by atoms with Crippen molar-refractivity contribution >= 4 is 5.91 Å². The van der Waals surface area contributed by atoms with Crippen LogP contribution in [-0.4, -0.2) is 37.5 Å². The van der Waals surface area contributed by atoms with Crippen molar-refractivity contribution < 1.29 is 4.79 Å². The summed E-state index contributed by atoms with van der Waals surface area (Å²) in [5, 5.41) is 11.3. The summed E-state index contributed by atoms with van der Waals surface area (Å²) in [6, 6.07) is 1.90. The lowest BCUT2D eigenvalue weighted by molar-refractivity contribution is -0.130. The van der Waals surface area contributed by atoms with E-state index in [1.165, 1.54) is 0 Å². The van der Waals surface area contributed by atoms with Gasteiger partial charge in [-0.25, -0.2) is 0 Å². The fourth-order valence-electron chi connectivity index (χ4n) is 0.961. The molecule has 0 aromatic heterocycles. The van der Waals surface area contributed by atoms with Crippen molar-refractivity contribution in [3.05, 3.63) is 0 Å². The SMILES string of the molecule is CC(NCCCC#N)C(=O)N(C)C. The van der Waals surface area contributed by atoms with Crippen molar-refractivity contribution in [1.82, 2.24) is 10.2 Å². The molecule has 0 aliphatic heterocycles. The average Bonchev–Trinajstić information content (AvgIpc) is 2.10. The van der Waals surface area contributed by atoms with Crippen LogP contribution in [0.3, 0.4) is 0 Å². The molecule has 0 saturated heterocycles. The Morgan fingerprint density at radius 1 is 1.62 bits per heavy atom. The lowest BCUT2D eigenvalue weighted by Crippen LogP contribution is -2.41. The molecule has 13 heavy (non-hydrogen) atoms. The number of nitrogens with zero attached hydrogens (tertiary/aromatic N) is 2. The highest BCUT2D eigenvalue weighted by Gasteiger charge is 2.12. The predicted molar refractivity (Wildman–Crippen MR) is 51.0 cm³/mol. The number of carbonyl (C=O) groups is 1. The van der Waals surface area contributed by atoms with E-state index in [0.717, 1.165) is 6.42 Å². The Labute approximate surface area is 79.5 Å². The second kappa shape index (κ2) is 6.44. The van der Waals surface area contributed by atoms with Gasteiger partial charge in [-0.3, -0.25) is 4.79 Å². The Balaban J connectivity index is 3.57. The van der Waals surface area contributed by atoms with Gasteiger partial charge in [0.05, 0.1) is 12.1 Å². The van der Waals surface area contributed by atoms with Crippen molar-refractivity contribution in [3.8, 4) is 6.07 Å². The smallest absolute Gasteiger partial charge is 0.238 e. The van der Waals surface area contributed by atoms with Crippen LogP contribution in [-0.2, 0) is 4.79 Å². The fraction of sp³-hybridized carbons (Fsp3) is 0.778. The maximum absolute atomic E-state index is 11.3. The molecule has 1 atom stereocenters. The monoisotopic (exact) mass is 183 g/mol. The maximum atomic E-state index is 11.3. The zero-order valence-corrected chi connectivity index (χ0v) is 8.50. The third-order valence-electron chi connectivity index (χ3n) is 1.73. The molecule has 1 unspecified atom stereocenters. The van der Waals surface area contributed by atoms with Crippen molar-refractivity contribution in [1.29, 1.82) is 5.26 Å². The standard InChI is InChI=1S/C9H17N3O/c1-8(9(13)12(2)3)11-7-5-4-6-10/h8,11H,4-5,7H2,1-3H3. The molecule has 0 radical (unpaired) electrons. The summed E-state index contributed by atoms with van der Waals surface area (Å²) in [6.45, 7) is 2.54. The van der Waals surface area contributed by atoms with E-state index in [-0.39, 0.29) is 11.9 Å². The van der Waals surface area contributed by atoms with Gasteiger partial charge in [-0.05, 0) is 19.9 Å². The first-order valence-electron chi connectivity index (χ1n) is 4.41. The fourth-order valence-corrected chi connectivity index (χ4v) is 0.961. The molecule has 0 spiro atoms. The molecule has 0 aliphatic carbocycles. The minimum Gasteiger partial charge on any atom is -0.347 e. The third-order valence-corrected chi connectivity index (χ3v) is 1.73. The molecule has 0 heterocycles. The molecule has 0 rings (SSSR count). The lowest BCUT2D eigenvalue weighted by atomic mass is 10.2. The molecular formula is C9H17N3O. The Morgan fingerprint density at radius 2 is 2.23 bits per heavy atom. The van der Waals surface area contributed by atoms with E-state index >= 15 is 0 Å². The second-order valence-corrected chi connectivity index (χ2v) is 3.17. The lowest BCUT2D eigenvalue weighted by Gasteiger charge is -2.17. The van der Waals surface area contributed by atoms with E-state index in [4.69, 9.17) is 5.26 Å². The Bertz CT molecular complexity index is 196. The first kappa shape index (κ1) is 11.9. The van der Waals surface area contributed by atoms with E-state index in [1.807, 2.05) is 6.92 Å². The van der Waals surface area contributed by atoms with Crippen LogP contribution in [0.2, 0.25) is 0 Å². The van der Waals surface area contributed by atoms with Crippen LogP contribution in [0.5, 0.6) is 0 Å². The third kappa shape index (κ3) is 5.21. The number of amides is 1. The number of unbranched alkanes of at least 4 members (excludes halogenated alkanes) is 1. The zero-order valence-electron chi connectivity index (χ0n) is 8.50. The molecule has 74 valence electrons. The van der Waals surface area contributed by atoms with Crippen molar-refractivity contribution in [2.45, 2.75) is 25.8 Å². The molecule has 1 N–H and O–H groups in total. The second-order valence-electron chi connectivity index (χ2n) is 3.17. The van der Waals surface area contributed by atoms with Gasteiger partial charge in [0.1, 0.15) is 0 Å². The molecule has 0 fully saturated rings. The number of likely N-dealkylation sites (N-methyl/N-ethyl adjacent to an activating group) is 1. The summed E-state index contributed by atoms with van der Waals surface area (Å²) in [7, 11) is 3.46. The number of carbonyl (C=O) groups excluding carboxylic acids is 1. The Hall–Kier alpha value is -1.08. The summed E-state index contributed by atoms with van der Waals surface area (Å²) < 4.78 is 0. The van der Waals surface area contributed by atoms with Gasteiger partial charge in [-0.1, -0.05) is 0 Å². The van der Waals surface area contributed by atoms with Gasteiger partial charge in [0.25, 0.3) is 0 Å². The highest BCUT2D eigenvalue weighted by Crippen LogP contribution is 1.90. The topological polar surface area (TPSA) is 56.1 Å². The van der Waals surface area contributed by atoms with Crippen LogP contribution < -0.4 is 5.32 Å². The maximum Gasteiger partial charge on any atom is 0.238 e. The van der Waals surface area contributed by atoms with Crippen LogP contribution >= 0.6 is 0 Å². The Kier molecular flexibility index (Phi) is 5.90. The van der Waals surface area contributed by atoms with E-state index in [0.29, 0.717) is 13.0 Å². The molecule has 1 amide bonds. The zero-order chi connectivity index (χ0) is 10.3. The minimum atomic E-state index is -0.159. The summed E-state index contributed by atoms with van der Waals surface area (Å²) in [6.07, 6.45) is 1.33. The average molecular weight is 183 g/mol. The highest BCUT2D eigenvalue weighted by molar-refractivity contribution is 5.80. The number of rotatable bonds is 5. The number of nitriles is 1. The van der Waals surface area contributed by atoms with Crippen LogP contribution in [0.4, 0.5) is 0 Å². The predicted octanol–water partition coefficient (Wildman–Crippen LogP) is 0.356. The summed E-state index contributed by atoms with van der Waals surface area (Å²) in [4.78, 5) is 12.9. The van der Waals surface area contributed by atoms with E-state index < -0.39 is 0 Å². The van der Waals surface area contributed by atoms with Gasteiger partial charge in [-0.2, -0.15) is 5.26 Å². The molecule has 4 nitrogen and oxygen atoms in total. The van der Waals surface area contributed by atoms with Crippen molar-refractivity contribution in [2.75, 3.05) is 20.6 Å². The van der Waals surface area contributed by atoms with Gasteiger partial charge in [-0.15, -0.1) is 0 Å². The number of nitrogens with one attached hydrogen (secondary N) is 1. The van der Waals surface area contributed by atoms with Gasteiger partial charge >= 0.3 is 0 Å². The first-order valence-corrected chi connectivity index (χ1v) is 4.41. The Morgan fingerprint density at radius 3 is 2.69 bits per heavy atom. The van der Waals surface area contributed by atoms with Crippen LogP contribution in [0.25, 0.3) is 0 Å². The first-order chi connectivity index (χ1) is 6.09. The summed E-state index contributed by atoms with van der Waals surface area (Å²) in [5.41, 5.74) is 0. The van der Waals surface area contributed by atoms with E-state index in [1.54, 1.807) is 19.0 Å². The summed E-state index contributed by atoms with van der Waals surface area (Å²) >= 11 is 0. The van der Waals surface area contributed by atoms with Gasteiger partial charge in [0, 0.05) is 20.5 Å². The van der Waals surface area contributed by atoms with Gasteiger partial charge < -0.3 is 10.2 Å².